The van der Waals surface area contributed by atoms with Crippen molar-refractivity contribution in [2.24, 2.45) is 0 Å². The molecule has 0 aliphatic rings. The fraction of sp³-hybridized carbons (Fsp3) is 0.200. The lowest BCUT2D eigenvalue weighted by atomic mass is 10.2. The van der Waals surface area contributed by atoms with Gasteiger partial charge in [-0.2, -0.15) is 0 Å². The second kappa shape index (κ2) is 10.0. The van der Waals surface area contributed by atoms with Gasteiger partial charge in [0.25, 0.3) is 5.91 Å². The summed E-state index contributed by atoms with van der Waals surface area (Å²) < 4.78 is 5.00. The first-order valence-corrected chi connectivity index (χ1v) is 9.55. The second-order valence-electron chi connectivity index (χ2n) is 5.59. The molecule has 26 heavy (non-hydrogen) atoms. The summed E-state index contributed by atoms with van der Waals surface area (Å²) in [6.07, 6.45) is 4.88. The van der Waals surface area contributed by atoms with Gasteiger partial charge in [0, 0.05) is 29.6 Å². The normalized spacial score (nSPS) is 10.7. The Bertz CT molecular complexity index is 790. The van der Waals surface area contributed by atoms with Crippen molar-refractivity contribution < 1.29 is 14.3 Å². The van der Waals surface area contributed by atoms with Gasteiger partial charge >= 0.3 is 5.97 Å². The van der Waals surface area contributed by atoms with Gasteiger partial charge in [0.15, 0.2) is 6.61 Å². The van der Waals surface area contributed by atoms with Crippen molar-refractivity contribution in [1.82, 2.24) is 4.90 Å². The molecule has 136 valence electrons. The van der Waals surface area contributed by atoms with Gasteiger partial charge < -0.3 is 9.64 Å². The molecular weight excluding hydrogens is 370 g/mol. The Balaban J connectivity index is 1.80. The molecule has 0 heterocycles. The minimum atomic E-state index is -0.573. The quantitative estimate of drug-likeness (QED) is 0.403. The third kappa shape index (κ3) is 6.58. The van der Waals surface area contributed by atoms with E-state index in [1.54, 1.807) is 43.1 Å². The van der Waals surface area contributed by atoms with Crippen LogP contribution in [-0.2, 0) is 20.9 Å². The maximum Gasteiger partial charge on any atom is 0.331 e. The van der Waals surface area contributed by atoms with Crippen molar-refractivity contribution >= 4 is 41.3 Å². The third-order valence-corrected chi connectivity index (χ3v) is 4.58. The standard InChI is InChI=1S/C20H20ClNO3S/c1-22(13-16-6-9-18(26-2)10-7-16)19(23)14-25-20(24)11-8-15-4-3-5-17(21)12-15/h3-12H,13-14H2,1-2H3/b11-8+. The summed E-state index contributed by atoms with van der Waals surface area (Å²) in [5.41, 5.74) is 1.80. The summed E-state index contributed by atoms with van der Waals surface area (Å²) in [6, 6.07) is 15.1. The Morgan fingerprint density at radius 1 is 1.19 bits per heavy atom. The van der Waals surface area contributed by atoms with Gasteiger partial charge in [0.2, 0.25) is 0 Å². The lowest BCUT2D eigenvalue weighted by molar-refractivity contribution is -0.147. The topological polar surface area (TPSA) is 46.6 Å². The number of ether oxygens (including phenoxy) is 1. The minimum absolute atomic E-state index is 0.261. The monoisotopic (exact) mass is 389 g/mol. The number of halogens is 1. The first-order chi connectivity index (χ1) is 12.5. The van der Waals surface area contributed by atoms with Crippen molar-refractivity contribution in [2.45, 2.75) is 11.4 Å². The predicted molar refractivity (Wildman–Crippen MR) is 106 cm³/mol. The minimum Gasteiger partial charge on any atom is -0.452 e. The van der Waals surface area contributed by atoms with Crippen molar-refractivity contribution in [3.05, 3.63) is 70.8 Å². The molecule has 4 nitrogen and oxygen atoms in total. The van der Waals surface area contributed by atoms with Crippen LogP contribution in [0.15, 0.2) is 59.5 Å². The average Bonchev–Trinajstić information content (AvgIpc) is 2.65. The van der Waals surface area contributed by atoms with Crippen LogP contribution in [-0.4, -0.2) is 36.7 Å². The molecule has 0 spiro atoms. The smallest absolute Gasteiger partial charge is 0.331 e. The predicted octanol–water partition coefficient (Wildman–Crippen LogP) is 4.28. The maximum atomic E-state index is 12.1. The van der Waals surface area contributed by atoms with Crippen LogP contribution in [0.4, 0.5) is 0 Å². The zero-order valence-corrected chi connectivity index (χ0v) is 16.2. The van der Waals surface area contributed by atoms with Gasteiger partial charge in [-0.05, 0) is 47.7 Å². The number of rotatable bonds is 7. The van der Waals surface area contributed by atoms with Crippen LogP contribution in [0.5, 0.6) is 0 Å². The molecule has 0 aliphatic heterocycles. The lowest BCUT2D eigenvalue weighted by Crippen LogP contribution is -2.30. The molecule has 0 N–H and O–H groups in total. The van der Waals surface area contributed by atoms with Gasteiger partial charge in [-0.15, -0.1) is 11.8 Å². The van der Waals surface area contributed by atoms with E-state index in [2.05, 4.69) is 0 Å². The second-order valence-corrected chi connectivity index (χ2v) is 6.91. The first kappa shape index (κ1) is 20.1. The van der Waals surface area contributed by atoms with Crippen molar-refractivity contribution in [1.29, 1.82) is 0 Å². The molecule has 0 bridgehead atoms. The number of carbonyl (C=O) groups is 2. The molecule has 6 heteroatoms. The maximum absolute atomic E-state index is 12.1. The molecular formula is C20H20ClNO3S. The van der Waals surface area contributed by atoms with E-state index in [0.29, 0.717) is 11.6 Å². The van der Waals surface area contributed by atoms with Crippen LogP contribution >= 0.6 is 23.4 Å². The highest BCUT2D eigenvalue weighted by Gasteiger charge is 2.11. The van der Waals surface area contributed by atoms with Crippen LogP contribution in [0, 0.1) is 0 Å². The third-order valence-electron chi connectivity index (χ3n) is 3.60. The highest BCUT2D eigenvalue weighted by atomic mass is 35.5. The van der Waals surface area contributed by atoms with Crippen molar-refractivity contribution in [3.8, 4) is 0 Å². The molecule has 0 atom stereocenters. The van der Waals surface area contributed by atoms with E-state index in [0.717, 1.165) is 11.1 Å². The molecule has 0 aliphatic carbocycles. The van der Waals surface area contributed by atoms with Crippen LogP contribution in [0.1, 0.15) is 11.1 Å². The Morgan fingerprint density at radius 2 is 1.92 bits per heavy atom. The summed E-state index contributed by atoms with van der Waals surface area (Å²) in [5, 5.41) is 0.586. The largest absolute Gasteiger partial charge is 0.452 e. The molecule has 0 saturated carbocycles. The number of amides is 1. The fourth-order valence-corrected chi connectivity index (χ4v) is 2.77. The average molecular weight is 390 g/mol. The fourth-order valence-electron chi connectivity index (χ4n) is 2.16. The lowest BCUT2D eigenvalue weighted by Gasteiger charge is -2.17. The van der Waals surface area contributed by atoms with Crippen molar-refractivity contribution in [3.63, 3.8) is 0 Å². The number of hydrogen-bond donors (Lipinski definition) is 0. The zero-order valence-electron chi connectivity index (χ0n) is 14.6. The molecule has 2 rings (SSSR count). The van der Waals surface area contributed by atoms with E-state index in [-0.39, 0.29) is 12.5 Å². The number of hydrogen-bond acceptors (Lipinski definition) is 4. The highest BCUT2D eigenvalue weighted by Crippen LogP contribution is 2.15. The van der Waals surface area contributed by atoms with Gasteiger partial charge in [0.1, 0.15) is 0 Å². The SMILES string of the molecule is CSc1ccc(CN(C)C(=O)COC(=O)/C=C/c2cccc(Cl)c2)cc1. The highest BCUT2D eigenvalue weighted by molar-refractivity contribution is 7.98. The summed E-state index contributed by atoms with van der Waals surface area (Å²) in [4.78, 5) is 26.5. The van der Waals surface area contributed by atoms with Crippen LogP contribution < -0.4 is 0 Å². The van der Waals surface area contributed by atoms with E-state index in [1.807, 2.05) is 36.6 Å². The number of carbonyl (C=O) groups excluding carboxylic acids is 2. The van der Waals surface area contributed by atoms with Gasteiger partial charge in [0.05, 0.1) is 0 Å². The summed E-state index contributed by atoms with van der Waals surface area (Å²) >= 11 is 7.55. The molecule has 1 amide bonds. The Kier molecular flexibility index (Phi) is 7.75. The van der Waals surface area contributed by atoms with E-state index >= 15 is 0 Å². The molecule has 0 fully saturated rings. The summed E-state index contributed by atoms with van der Waals surface area (Å²) in [7, 11) is 1.68. The van der Waals surface area contributed by atoms with E-state index in [4.69, 9.17) is 16.3 Å². The number of benzene rings is 2. The van der Waals surface area contributed by atoms with Crippen molar-refractivity contribution in [2.75, 3.05) is 19.9 Å². The Morgan fingerprint density at radius 3 is 2.58 bits per heavy atom. The van der Waals surface area contributed by atoms with Crippen LogP contribution in [0.25, 0.3) is 6.08 Å². The summed E-state index contributed by atoms with van der Waals surface area (Å²) in [6.45, 7) is 0.168. The van der Waals surface area contributed by atoms with Gasteiger partial charge in [-0.3, -0.25) is 4.79 Å². The van der Waals surface area contributed by atoms with Gasteiger partial charge in [-0.25, -0.2) is 4.79 Å². The summed E-state index contributed by atoms with van der Waals surface area (Å²) in [5.74, 6) is -0.834. The van der Waals surface area contributed by atoms with Gasteiger partial charge in [-0.1, -0.05) is 35.9 Å². The first-order valence-electron chi connectivity index (χ1n) is 7.95. The molecule has 0 radical (unpaired) electrons. The Hall–Kier alpha value is -2.24. The number of likely N-dealkylation sites (N-methyl/N-ethyl adjacent to an activating group) is 1. The van der Waals surface area contributed by atoms with E-state index < -0.39 is 5.97 Å². The number of thioether (sulfide) groups is 1. The van der Waals surface area contributed by atoms with Crippen LogP contribution in [0.3, 0.4) is 0 Å². The number of esters is 1. The van der Waals surface area contributed by atoms with E-state index in [1.165, 1.54) is 15.9 Å². The Labute approximate surface area is 162 Å². The van der Waals surface area contributed by atoms with E-state index in [9.17, 15) is 9.59 Å². The number of nitrogens with zero attached hydrogens (tertiary/aromatic N) is 1. The zero-order chi connectivity index (χ0) is 18.9. The molecule has 0 unspecified atom stereocenters. The molecule has 2 aromatic rings. The van der Waals surface area contributed by atoms with Crippen LogP contribution in [0.2, 0.25) is 5.02 Å². The molecule has 0 aromatic heterocycles. The molecule has 2 aromatic carbocycles. The molecule has 0 saturated heterocycles.